The number of fused-ring (bicyclic) bond motifs is 1. The molecule has 0 aromatic heterocycles. The molecule has 1 amide bonds. The zero-order chi connectivity index (χ0) is 13.5. The van der Waals surface area contributed by atoms with Crippen LogP contribution in [0.3, 0.4) is 0 Å². The van der Waals surface area contributed by atoms with Gasteiger partial charge in [0.15, 0.2) is 0 Å². The third kappa shape index (κ3) is 3.80. The molecule has 0 radical (unpaired) electrons. The van der Waals surface area contributed by atoms with Gasteiger partial charge in [-0.15, -0.1) is 0 Å². The largest absolute Gasteiger partial charge is 0.356 e. The van der Waals surface area contributed by atoms with Crippen molar-refractivity contribution < 1.29 is 4.79 Å². The number of nitrogens with one attached hydrogen (secondary N) is 2. The van der Waals surface area contributed by atoms with Crippen molar-refractivity contribution in [2.24, 2.45) is 0 Å². The molecule has 0 bridgehead atoms. The van der Waals surface area contributed by atoms with Gasteiger partial charge in [-0.1, -0.05) is 31.2 Å². The molecule has 19 heavy (non-hydrogen) atoms. The van der Waals surface area contributed by atoms with E-state index in [4.69, 9.17) is 0 Å². The van der Waals surface area contributed by atoms with Crippen molar-refractivity contribution in [2.75, 3.05) is 19.6 Å². The molecule has 0 aliphatic heterocycles. The second-order valence-electron chi connectivity index (χ2n) is 5.14. The topological polar surface area (TPSA) is 41.1 Å². The molecule has 0 saturated heterocycles. The van der Waals surface area contributed by atoms with Crippen LogP contribution < -0.4 is 10.6 Å². The Morgan fingerprint density at radius 2 is 2.16 bits per heavy atom. The average Bonchev–Trinajstić information content (AvgIpc) is 2.46. The maximum absolute atomic E-state index is 12.3. The first kappa shape index (κ1) is 14.1. The van der Waals surface area contributed by atoms with E-state index < -0.39 is 0 Å². The molecule has 0 spiro atoms. The van der Waals surface area contributed by atoms with E-state index in [9.17, 15) is 4.79 Å². The summed E-state index contributed by atoms with van der Waals surface area (Å²) in [6.07, 6.45) is 4.21. The van der Waals surface area contributed by atoms with E-state index in [2.05, 4.69) is 35.8 Å². The van der Waals surface area contributed by atoms with Gasteiger partial charge in [-0.3, -0.25) is 4.79 Å². The first-order chi connectivity index (χ1) is 9.33. The minimum Gasteiger partial charge on any atom is -0.356 e. The molecule has 3 heteroatoms. The molecule has 104 valence electrons. The van der Waals surface area contributed by atoms with Crippen LogP contribution in [0.25, 0.3) is 0 Å². The van der Waals surface area contributed by atoms with Crippen molar-refractivity contribution in [2.45, 2.75) is 38.5 Å². The molecule has 0 fully saturated rings. The van der Waals surface area contributed by atoms with Crippen LogP contribution in [0, 0.1) is 0 Å². The smallest absolute Gasteiger partial charge is 0.227 e. The molecule has 1 unspecified atom stereocenters. The molecule has 3 nitrogen and oxygen atoms in total. The number of aryl methyl sites for hydroxylation is 1. The number of carbonyl (C=O) groups excluding carboxylic acids is 1. The summed E-state index contributed by atoms with van der Waals surface area (Å²) >= 11 is 0. The Labute approximate surface area is 115 Å². The van der Waals surface area contributed by atoms with Crippen LogP contribution in [-0.2, 0) is 11.2 Å². The third-order valence-electron chi connectivity index (χ3n) is 3.77. The van der Waals surface area contributed by atoms with E-state index >= 15 is 0 Å². The van der Waals surface area contributed by atoms with Gasteiger partial charge in [-0.25, -0.2) is 0 Å². The Morgan fingerprint density at radius 3 is 3.00 bits per heavy atom. The Balaban J connectivity index is 1.86. The van der Waals surface area contributed by atoms with E-state index in [0.717, 1.165) is 45.3 Å². The highest BCUT2D eigenvalue weighted by atomic mass is 16.1. The van der Waals surface area contributed by atoms with Crippen LogP contribution in [0.15, 0.2) is 24.3 Å². The van der Waals surface area contributed by atoms with Gasteiger partial charge >= 0.3 is 0 Å². The first-order valence-corrected chi connectivity index (χ1v) is 7.39. The summed E-state index contributed by atoms with van der Waals surface area (Å²) in [7, 11) is 0. The predicted molar refractivity (Wildman–Crippen MR) is 78.3 cm³/mol. The zero-order valence-corrected chi connectivity index (χ0v) is 11.7. The lowest BCUT2D eigenvalue weighted by Gasteiger charge is -2.24. The van der Waals surface area contributed by atoms with E-state index in [1.165, 1.54) is 11.1 Å². The fourth-order valence-electron chi connectivity index (χ4n) is 2.75. The molecule has 0 heterocycles. The van der Waals surface area contributed by atoms with Crippen molar-refractivity contribution in [1.82, 2.24) is 10.6 Å². The van der Waals surface area contributed by atoms with Crippen molar-refractivity contribution in [3.63, 3.8) is 0 Å². The summed E-state index contributed by atoms with van der Waals surface area (Å²) in [5.74, 6) is 0.257. The molecule has 1 aromatic carbocycles. The van der Waals surface area contributed by atoms with Crippen LogP contribution in [-0.4, -0.2) is 25.5 Å². The minimum absolute atomic E-state index is 0.0593. The molecule has 1 aliphatic rings. The van der Waals surface area contributed by atoms with Gasteiger partial charge in [0.25, 0.3) is 0 Å². The average molecular weight is 260 g/mol. The highest BCUT2D eigenvalue weighted by Crippen LogP contribution is 2.31. The summed E-state index contributed by atoms with van der Waals surface area (Å²) in [6.45, 7) is 4.82. The number of benzene rings is 1. The number of carbonyl (C=O) groups is 1. The normalized spacial score (nSPS) is 17.8. The van der Waals surface area contributed by atoms with Crippen molar-refractivity contribution in [3.05, 3.63) is 35.4 Å². The zero-order valence-electron chi connectivity index (χ0n) is 11.7. The summed E-state index contributed by atoms with van der Waals surface area (Å²) in [5, 5.41) is 6.34. The highest BCUT2D eigenvalue weighted by molar-refractivity contribution is 5.84. The fraction of sp³-hybridized carbons (Fsp3) is 0.562. The molecule has 1 aliphatic carbocycles. The maximum atomic E-state index is 12.3. The van der Waals surface area contributed by atoms with Gasteiger partial charge in [0.05, 0.1) is 5.92 Å². The lowest BCUT2D eigenvalue weighted by Crippen LogP contribution is -2.33. The molecule has 0 saturated carbocycles. The van der Waals surface area contributed by atoms with Gasteiger partial charge in [-0.2, -0.15) is 0 Å². The number of rotatable bonds is 6. The number of hydrogen-bond donors (Lipinski definition) is 2. The summed E-state index contributed by atoms with van der Waals surface area (Å²) in [4.78, 5) is 12.3. The van der Waals surface area contributed by atoms with E-state index in [0.29, 0.717) is 0 Å². The standard InChI is InChI=1S/C16H24N2O/c1-2-17-11-6-12-18-16(19)15-10-5-8-13-7-3-4-9-14(13)15/h3-4,7,9,15,17H,2,5-6,8,10-12H2,1H3,(H,18,19). The molecular weight excluding hydrogens is 236 g/mol. The third-order valence-corrected chi connectivity index (χ3v) is 3.77. The Bertz CT molecular complexity index is 417. The fourth-order valence-corrected chi connectivity index (χ4v) is 2.75. The number of amides is 1. The highest BCUT2D eigenvalue weighted by Gasteiger charge is 2.25. The minimum atomic E-state index is 0.0593. The van der Waals surface area contributed by atoms with Crippen molar-refractivity contribution in [1.29, 1.82) is 0 Å². The lowest BCUT2D eigenvalue weighted by atomic mass is 9.82. The first-order valence-electron chi connectivity index (χ1n) is 7.39. The predicted octanol–water partition coefficient (Wildman–Crippen LogP) is 2.22. The summed E-state index contributed by atoms with van der Waals surface area (Å²) < 4.78 is 0. The quantitative estimate of drug-likeness (QED) is 0.770. The van der Waals surface area contributed by atoms with Crippen molar-refractivity contribution in [3.8, 4) is 0 Å². The van der Waals surface area contributed by atoms with Gasteiger partial charge in [0.2, 0.25) is 5.91 Å². The summed E-state index contributed by atoms with van der Waals surface area (Å²) in [5.41, 5.74) is 2.58. The monoisotopic (exact) mass is 260 g/mol. The molecular formula is C16H24N2O. The van der Waals surface area contributed by atoms with Crippen LogP contribution in [0.2, 0.25) is 0 Å². The Morgan fingerprint density at radius 1 is 1.32 bits per heavy atom. The van der Waals surface area contributed by atoms with E-state index in [1.54, 1.807) is 0 Å². The number of hydrogen-bond acceptors (Lipinski definition) is 2. The lowest BCUT2D eigenvalue weighted by molar-refractivity contribution is -0.122. The molecule has 1 atom stereocenters. The Kier molecular flexibility index (Phi) is 5.40. The second-order valence-corrected chi connectivity index (χ2v) is 5.14. The van der Waals surface area contributed by atoms with Crippen LogP contribution in [0.4, 0.5) is 0 Å². The molecule has 2 N–H and O–H groups in total. The maximum Gasteiger partial charge on any atom is 0.227 e. The van der Waals surface area contributed by atoms with E-state index in [1.807, 2.05) is 6.07 Å². The van der Waals surface area contributed by atoms with Crippen LogP contribution in [0.1, 0.15) is 43.2 Å². The Hall–Kier alpha value is -1.35. The molecule has 1 aromatic rings. The van der Waals surface area contributed by atoms with Crippen molar-refractivity contribution >= 4 is 5.91 Å². The SMILES string of the molecule is CCNCCCNC(=O)C1CCCc2ccccc21. The van der Waals surface area contributed by atoms with Gasteiger partial charge < -0.3 is 10.6 Å². The molecule has 2 rings (SSSR count). The summed E-state index contributed by atoms with van der Waals surface area (Å²) in [6, 6.07) is 8.36. The van der Waals surface area contributed by atoms with E-state index in [-0.39, 0.29) is 11.8 Å². The van der Waals surface area contributed by atoms with Crippen LogP contribution >= 0.6 is 0 Å². The van der Waals surface area contributed by atoms with Crippen LogP contribution in [0.5, 0.6) is 0 Å². The van der Waals surface area contributed by atoms with Gasteiger partial charge in [0.1, 0.15) is 0 Å². The second kappa shape index (κ2) is 7.29. The van der Waals surface area contributed by atoms with Gasteiger partial charge in [-0.05, 0) is 49.9 Å². The van der Waals surface area contributed by atoms with Gasteiger partial charge in [0, 0.05) is 6.54 Å².